The zero-order valence-electron chi connectivity index (χ0n) is 7.40. The molecule has 0 saturated carbocycles. The molecule has 1 aromatic carbocycles. The molecule has 68 valence electrons. The van der Waals surface area contributed by atoms with E-state index in [4.69, 9.17) is 17.0 Å². The van der Waals surface area contributed by atoms with Crippen molar-refractivity contribution >= 4 is 17.3 Å². The van der Waals surface area contributed by atoms with Gasteiger partial charge in [0, 0.05) is 6.42 Å². The lowest BCUT2D eigenvalue weighted by atomic mass is 10.2. The van der Waals surface area contributed by atoms with Crippen LogP contribution in [0.4, 0.5) is 0 Å². The van der Waals surface area contributed by atoms with Gasteiger partial charge in [-0.05, 0) is 17.8 Å². The predicted molar refractivity (Wildman–Crippen MR) is 58.9 cm³/mol. The minimum absolute atomic E-state index is 0.492. The van der Waals surface area contributed by atoms with Crippen molar-refractivity contribution in [2.24, 2.45) is 0 Å². The number of benzene rings is 1. The molecule has 0 spiro atoms. The van der Waals surface area contributed by atoms with E-state index in [0.717, 1.165) is 0 Å². The molecule has 0 unspecified atom stereocenters. The Morgan fingerprint density at radius 3 is 2.69 bits per heavy atom. The largest absolute Gasteiger partial charge is 0.483 e. The smallest absolute Gasteiger partial charge is 0.164 e. The predicted octanol–water partition coefficient (Wildman–Crippen LogP) is 2.76. The molecule has 0 amide bonds. The molecule has 0 heterocycles. The summed E-state index contributed by atoms with van der Waals surface area (Å²) in [5.74, 6) is 0. The van der Waals surface area contributed by atoms with Crippen LogP contribution in [0.25, 0.3) is 0 Å². The fourth-order valence-electron chi connectivity index (χ4n) is 0.965. The van der Waals surface area contributed by atoms with Crippen molar-refractivity contribution in [1.82, 2.24) is 0 Å². The monoisotopic (exact) mass is 192 g/mol. The van der Waals surface area contributed by atoms with Crippen LogP contribution in [0, 0.1) is 0 Å². The number of ether oxygens (including phenoxy) is 1. The third-order valence-electron chi connectivity index (χ3n) is 1.55. The van der Waals surface area contributed by atoms with Crippen LogP contribution in [0.1, 0.15) is 5.56 Å². The highest BCUT2D eigenvalue weighted by Gasteiger charge is 1.97. The average molecular weight is 192 g/mol. The van der Waals surface area contributed by atoms with Crippen molar-refractivity contribution in [3.05, 3.63) is 48.6 Å². The highest BCUT2D eigenvalue weighted by atomic mass is 32.1. The van der Waals surface area contributed by atoms with Gasteiger partial charge >= 0.3 is 0 Å². The molecular weight excluding hydrogens is 180 g/mol. The molecular formula is C11H12OS. The Morgan fingerprint density at radius 2 is 2.08 bits per heavy atom. The first-order valence-corrected chi connectivity index (χ1v) is 4.54. The third-order valence-corrected chi connectivity index (χ3v) is 1.82. The van der Waals surface area contributed by atoms with E-state index in [-0.39, 0.29) is 0 Å². The fourth-order valence-corrected chi connectivity index (χ4v) is 1.20. The van der Waals surface area contributed by atoms with Crippen LogP contribution in [-0.2, 0) is 11.2 Å². The second kappa shape index (κ2) is 5.49. The SMILES string of the molecule is C=CCOC(=S)Cc1ccccc1. The number of rotatable bonds is 4. The highest BCUT2D eigenvalue weighted by Crippen LogP contribution is 2.01. The minimum atomic E-state index is 0.492. The molecule has 1 aromatic rings. The second-order valence-electron chi connectivity index (χ2n) is 2.63. The maximum Gasteiger partial charge on any atom is 0.164 e. The molecule has 0 N–H and O–H groups in total. The summed E-state index contributed by atoms with van der Waals surface area (Å²) in [5, 5.41) is 0.617. The van der Waals surface area contributed by atoms with Gasteiger partial charge in [0.1, 0.15) is 6.61 Å². The first kappa shape index (κ1) is 9.93. The summed E-state index contributed by atoms with van der Waals surface area (Å²) in [6.07, 6.45) is 2.39. The number of hydrogen-bond donors (Lipinski definition) is 0. The van der Waals surface area contributed by atoms with Crippen LogP contribution in [0.3, 0.4) is 0 Å². The topological polar surface area (TPSA) is 9.23 Å². The van der Waals surface area contributed by atoms with E-state index < -0.39 is 0 Å². The molecule has 2 heteroatoms. The maximum atomic E-state index is 5.21. The van der Waals surface area contributed by atoms with Gasteiger partial charge in [-0.25, -0.2) is 0 Å². The summed E-state index contributed by atoms with van der Waals surface area (Å²) >= 11 is 5.03. The van der Waals surface area contributed by atoms with Gasteiger partial charge in [-0.1, -0.05) is 43.0 Å². The van der Waals surface area contributed by atoms with E-state index in [0.29, 0.717) is 18.1 Å². The lowest BCUT2D eigenvalue weighted by Gasteiger charge is -2.04. The van der Waals surface area contributed by atoms with Gasteiger partial charge in [-0.3, -0.25) is 0 Å². The summed E-state index contributed by atoms with van der Waals surface area (Å²) in [4.78, 5) is 0. The second-order valence-corrected chi connectivity index (χ2v) is 3.09. The summed E-state index contributed by atoms with van der Waals surface area (Å²) in [6.45, 7) is 4.05. The minimum Gasteiger partial charge on any atom is -0.483 e. The Labute approximate surface area is 84.0 Å². The molecule has 0 bridgehead atoms. The first-order chi connectivity index (χ1) is 6.33. The zero-order valence-corrected chi connectivity index (χ0v) is 8.22. The van der Waals surface area contributed by atoms with E-state index in [1.54, 1.807) is 6.08 Å². The lowest BCUT2D eigenvalue weighted by Crippen LogP contribution is -2.05. The van der Waals surface area contributed by atoms with Crippen molar-refractivity contribution < 1.29 is 4.74 Å². The summed E-state index contributed by atoms with van der Waals surface area (Å²) < 4.78 is 5.21. The molecule has 0 atom stereocenters. The molecule has 1 nitrogen and oxygen atoms in total. The normalized spacial score (nSPS) is 9.23. The fraction of sp³-hybridized carbons (Fsp3) is 0.182. The van der Waals surface area contributed by atoms with Crippen LogP contribution < -0.4 is 0 Å². The van der Waals surface area contributed by atoms with Crippen LogP contribution >= 0.6 is 12.2 Å². The molecule has 0 radical (unpaired) electrons. The standard InChI is InChI=1S/C11H12OS/c1-2-8-12-11(13)9-10-6-4-3-5-7-10/h2-7H,1,8-9H2. The van der Waals surface area contributed by atoms with Crippen molar-refractivity contribution in [3.8, 4) is 0 Å². The van der Waals surface area contributed by atoms with Crippen molar-refractivity contribution in [1.29, 1.82) is 0 Å². The number of hydrogen-bond acceptors (Lipinski definition) is 2. The van der Waals surface area contributed by atoms with Gasteiger partial charge in [-0.15, -0.1) is 0 Å². The maximum absolute atomic E-state index is 5.21. The van der Waals surface area contributed by atoms with E-state index in [9.17, 15) is 0 Å². The zero-order chi connectivity index (χ0) is 9.52. The molecule has 0 fully saturated rings. The third kappa shape index (κ3) is 3.85. The summed E-state index contributed by atoms with van der Waals surface area (Å²) in [7, 11) is 0. The van der Waals surface area contributed by atoms with E-state index >= 15 is 0 Å². The van der Waals surface area contributed by atoms with Gasteiger partial charge in [0.25, 0.3) is 0 Å². The van der Waals surface area contributed by atoms with Gasteiger partial charge < -0.3 is 4.74 Å². The van der Waals surface area contributed by atoms with Crippen molar-refractivity contribution in [2.75, 3.05) is 6.61 Å². The molecule has 0 saturated heterocycles. The molecule has 13 heavy (non-hydrogen) atoms. The molecule has 0 aliphatic carbocycles. The van der Waals surface area contributed by atoms with Gasteiger partial charge in [0.15, 0.2) is 5.05 Å². The first-order valence-electron chi connectivity index (χ1n) is 4.13. The number of thiocarbonyl (C=S) groups is 1. The molecule has 0 aliphatic rings. The van der Waals surface area contributed by atoms with E-state index in [2.05, 4.69) is 6.58 Å². The van der Waals surface area contributed by atoms with E-state index in [1.807, 2.05) is 30.3 Å². The quantitative estimate of drug-likeness (QED) is 0.536. The van der Waals surface area contributed by atoms with Crippen molar-refractivity contribution in [2.45, 2.75) is 6.42 Å². The highest BCUT2D eigenvalue weighted by molar-refractivity contribution is 7.80. The van der Waals surface area contributed by atoms with Gasteiger partial charge in [0.2, 0.25) is 0 Å². The Balaban J connectivity index is 2.41. The molecule has 0 aliphatic heterocycles. The Kier molecular flexibility index (Phi) is 4.19. The Bertz CT molecular complexity index is 279. The van der Waals surface area contributed by atoms with Crippen LogP contribution in [0.2, 0.25) is 0 Å². The van der Waals surface area contributed by atoms with Crippen LogP contribution in [-0.4, -0.2) is 11.7 Å². The van der Waals surface area contributed by atoms with Gasteiger partial charge in [0.05, 0.1) is 0 Å². The molecule has 1 rings (SSSR count). The summed E-state index contributed by atoms with van der Waals surface area (Å²) in [6, 6.07) is 10.0. The summed E-state index contributed by atoms with van der Waals surface area (Å²) in [5.41, 5.74) is 1.18. The van der Waals surface area contributed by atoms with Gasteiger partial charge in [-0.2, -0.15) is 0 Å². The van der Waals surface area contributed by atoms with Crippen LogP contribution in [0.15, 0.2) is 43.0 Å². The average Bonchev–Trinajstić information content (AvgIpc) is 2.16. The van der Waals surface area contributed by atoms with E-state index in [1.165, 1.54) is 5.56 Å². The van der Waals surface area contributed by atoms with Crippen LogP contribution in [0.5, 0.6) is 0 Å². The van der Waals surface area contributed by atoms with Crippen molar-refractivity contribution in [3.63, 3.8) is 0 Å². The molecule has 0 aromatic heterocycles. The Morgan fingerprint density at radius 1 is 1.38 bits per heavy atom. The Hall–Kier alpha value is -1.15. The lowest BCUT2D eigenvalue weighted by molar-refractivity contribution is 0.353.